The average Bonchev–Trinajstić information content (AvgIpc) is 2.01. The van der Waals surface area contributed by atoms with Crippen LogP contribution < -0.4 is 11.5 Å². The number of cyclic esters (lactones) is 1. The number of rotatable bonds is 2. The molecule has 1 heterocycles. The molecule has 1 aliphatic rings. The van der Waals surface area contributed by atoms with Gasteiger partial charge in [0.05, 0.1) is 18.4 Å². The number of hydrogen-bond donors (Lipinski definition) is 4. The molecule has 6 heteroatoms. The maximum atomic E-state index is 11.0. The van der Waals surface area contributed by atoms with Gasteiger partial charge >= 0.3 is 5.97 Å². The van der Waals surface area contributed by atoms with Crippen molar-refractivity contribution in [2.45, 2.75) is 31.9 Å². The van der Waals surface area contributed by atoms with E-state index in [0.29, 0.717) is 0 Å². The molecule has 0 radical (unpaired) electrons. The summed E-state index contributed by atoms with van der Waals surface area (Å²) < 4.78 is 4.73. The van der Waals surface area contributed by atoms with Crippen LogP contribution in [0.4, 0.5) is 0 Å². The molecule has 1 aliphatic heterocycles. The van der Waals surface area contributed by atoms with E-state index >= 15 is 0 Å². The molecule has 0 amide bonds. The first kappa shape index (κ1) is 11.4. The SMILES string of the molecule is CC(O)C1CC(=O)OC(N)C1C(N)O. The van der Waals surface area contributed by atoms with Gasteiger partial charge in [0, 0.05) is 5.92 Å². The van der Waals surface area contributed by atoms with E-state index < -0.39 is 36.4 Å². The highest BCUT2D eigenvalue weighted by Crippen LogP contribution is 2.29. The van der Waals surface area contributed by atoms with Gasteiger partial charge in [-0.25, -0.2) is 0 Å². The summed E-state index contributed by atoms with van der Waals surface area (Å²) in [4.78, 5) is 11.0. The van der Waals surface area contributed by atoms with Crippen LogP contribution in [0.2, 0.25) is 0 Å². The first-order valence-electron chi connectivity index (χ1n) is 4.50. The van der Waals surface area contributed by atoms with Gasteiger partial charge in [-0.2, -0.15) is 0 Å². The van der Waals surface area contributed by atoms with Crippen LogP contribution in [0.15, 0.2) is 0 Å². The summed E-state index contributed by atoms with van der Waals surface area (Å²) in [5, 5.41) is 18.7. The second-order valence-electron chi connectivity index (χ2n) is 3.63. The molecule has 0 aromatic carbocycles. The molecule has 14 heavy (non-hydrogen) atoms. The lowest BCUT2D eigenvalue weighted by Crippen LogP contribution is -2.54. The first-order valence-corrected chi connectivity index (χ1v) is 4.50. The number of ether oxygens (including phenoxy) is 1. The Bertz CT molecular complexity index is 219. The molecule has 1 saturated heterocycles. The van der Waals surface area contributed by atoms with Gasteiger partial charge in [-0.1, -0.05) is 0 Å². The third kappa shape index (κ3) is 2.21. The highest BCUT2D eigenvalue weighted by molar-refractivity contribution is 5.70. The summed E-state index contributed by atoms with van der Waals surface area (Å²) in [5.74, 6) is -1.54. The Kier molecular flexibility index (Phi) is 3.43. The molecule has 0 saturated carbocycles. The highest BCUT2D eigenvalue weighted by atomic mass is 16.6. The molecule has 5 unspecified atom stereocenters. The summed E-state index contributed by atoms with van der Waals surface area (Å²) in [6.07, 6.45) is -2.87. The van der Waals surface area contributed by atoms with E-state index in [4.69, 9.17) is 16.2 Å². The van der Waals surface area contributed by atoms with Gasteiger partial charge in [-0.05, 0) is 6.92 Å². The first-order chi connectivity index (χ1) is 6.43. The third-order valence-corrected chi connectivity index (χ3v) is 2.56. The van der Waals surface area contributed by atoms with Crippen LogP contribution in [0.5, 0.6) is 0 Å². The van der Waals surface area contributed by atoms with Gasteiger partial charge in [-0.3, -0.25) is 10.5 Å². The minimum atomic E-state index is -1.20. The van der Waals surface area contributed by atoms with E-state index in [1.165, 1.54) is 6.92 Å². The number of carbonyl (C=O) groups is 1. The lowest BCUT2D eigenvalue weighted by molar-refractivity contribution is -0.173. The minimum Gasteiger partial charge on any atom is -0.446 e. The third-order valence-electron chi connectivity index (χ3n) is 2.56. The van der Waals surface area contributed by atoms with Crippen LogP contribution >= 0.6 is 0 Å². The van der Waals surface area contributed by atoms with E-state index in [-0.39, 0.29) is 6.42 Å². The zero-order chi connectivity index (χ0) is 10.9. The maximum Gasteiger partial charge on any atom is 0.307 e. The van der Waals surface area contributed by atoms with Gasteiger partial charge in [0.15, 0.2) is 6.23 Å². The summed E-state index contributed by atoms with van der Waals surface area (Å²) in [5.41, 5.74) is 10.8. The number of nitrogens with two attached hydrogens (primary N) is 2. The number of aliphatic hydroxyl groups is 2. The lowest BCUT2D eigenvalue weighted by Gasteiger charge is -2.38. The second-order valence-corrected chi connectivity index (χ2v) is 3.63. The van der Waals surface area contributed by atoms with Crippen LogP contribution in [0.25, 0.3) is 0 Å². The molecule has 82 valence electrons. The van der Waals surface area contributed by atoms with Crippen molar-refractivity contribution in [1.82, 2.24) is 0 Å². The Labute approximate surface area is 81.8 Å². The smallest absolute Gasteiger partial charge is 0.307 e. The standard InChI is InChI=1S/C8H16N2O4/c1-3(11)4-2-5(12)14-8(10)6(4)7(9)13/h3-4,6-8,11,13H,2,9-10H2,1H3. The molecule has 0 aliphatic carbocycles. The van der Waals surface area contributed by atoms with Gasteiger partial charge in [0.1, 0.15) is 6.23 Å². The van der Waals surface area contributed by atoms with Crippen LogP contribution in [0.3, 0.4) is 0 Å². The Balaban J connectivity index is 2.80. The molecule has 0 aromatic heterocycles. The number of hydrogen-bond acceptors (Lipinski definition) is 6. The van der Waals surface area contributed by atoms with Crippen molar-refractivity contribution < 1.29 is 19.7 Å². The maximum absolute atomic E-state index is 11.0. The van der Waals surface area contributed by atoms with Gasteiger partial charge in [-0.15, -0.1) is 0 Å². The van der Waals surface area contributed by atoms with Crippen molar-refractivity contribution in [1.29, 1.82) is 0 Å². The predicted octanol–water partition coefficient (Wildman–Crippen LogP) is -1.89. The van der Waals surface area contributed by atoms with Crippen molar-refractivity contribution in [3.05, 3.63) is 0 Å². The van der Waals surface area contributed by atoms with Crippen molar-refractivity contribution in [2.75, 3.05) is 0 Å². The van der Waals surface area contributed by atoms with Gasteiger partial charge in [0.25, 0.3) is 0 Å². The molecule has 1 rings (SSSR count). The van der Waals surface area contributed by atoms with Crippen LogP contribution in [-0.4, -0.2) is 34.7 Å². The summed E-state index contributed by atoms with van der Waals surface area (Å²) in [7, 11) is 0. The molecular weight excluding hydrogens is 188 g/mol. The monoisotopic (exact) mass is 204 g/mol. The van der Waals surface area contributed by atoms with Crippen molar-refractivity contribution >= 4 is 5.97 Å². The molecule has 6 N–H and O–H groups in total. The minimum absolute atomic E-state index is 0.0320. The molecular formula is C8H16N2O4. The number of carbonyl (C=O) groups excluding carboxylic acids is 1. The summed E-state index contributed by atoms with van der Waals surface area (Å²) in [6, 6.07) is 0. The zero-order valence-electron chi connectivity index (χ0n) is 7.96. The fourth-order valence-electron chi connectivity index (χ4n) is 1.79. The van der Waals surface area contributed by atoms with Crippen molar-refractivity contribution in [3.8, 4) is 0 Å². The molecule has 6 nitrogen and oxygen atoms in total. The van der Waals surface area contributed by atoms with E-state index in [2.05, 4.69) is 0 Å². The number of aliphatic hydroxyl groups excluding tert-OH is 2. The molecule has 0 bridgehead atoms. The zero-order valence-corrected chi connectivity index (χ0v) is 7.96. The Morgan fingerprint density at radius 3 is 2.57 bits per heavy atom. The lowest BCUT2D eigenvalue weighted by atomic mass is 9.81. The van der Waals surface area contributed by atoms with Crippen molar-refractivity contribution in [2.24, 2.45) is 23.3 Å². The van der Waals surface area contributed by atoms with E-state index in [1.807, 2.05) is 0 Å². The summed E-state index contributed by atoms with van der Waals surface area (Å²) in [6.45, 7) is 1.53. The summed E-state index contributed by atoms with van der Waals surface area (Å²) >= 11 is 0. The molecule has 1 fully saturated rings. The van der Waals surface area contributed by atoms with Gasteiger partial charge < -0.3 is 20.7 Å². The Morgan fingerprint density at radius 2 is 2.14 bits per heavy atom. The van der Waals surface area contributed by atoms with E-state index in [0.717, 1.165) is 0 Å². The average molecular weight is 204 g/mol. The van der Waals surface area contributed by atoms with Gasteiger partial charge in [0.2, 0.25) is 0 Å². The largest absolute Gasteiger partial charge is 0.446 e. The molecule has 0 aromatic rings. The predicted molar refractivity (Wildman–Crippen MR) is 47.5 cm³/mol. The second kappa shape index (κ2) is 4.22. The van der Waals surface area contributed by atoms with E-state index in [9.17, 15) is 15.0 Å². The normalized spacial score (nSPS) is 37.5. The fourth-order valence-corrected chi connectivity index (χ4v) is 1.79. The Morgan fingerprint density at radius 1 is 1.57 bits per heavy atom. The van der Waals surface area contributed by atoms with Crippen LogP contribution in [-0.2, 0) is 9.53 Å². The topological polar surface area (TPSA) is 119 Å². The van der Waals surface area contributed by atoms with Crippen LogP contribution in [0.1, 0.15) is 13.3 Å². The highest BCUT2D eigenvalue weighted by Gasteiger charge is 2.42. The van der Waals surface area contributed by atoms with E-state index in [1.54, 1.807) is 0 Å². The van der Waals surface area contributed by atoms with Crippen LogP contribution in [0, 0.1) is 11.8 Å². The van der Waals surface area contributed by atoms with Crippen molar-refractivity contribution in [3.63, 3.8) is 0 Å². The Hall–Kier alpha value is -0.690. The number of esters is 1. The molecule has 0 spiro atoms. The quantitative estimate of drug-likeness (QED) is 0.308. The molecule has 5 atom stereocenters. The fraction of sp³-hybridized carbons (Fsp3) is 0.875.